The highest BCUT2D eigenvalue weighted by Gasteiger charge is 2.13. The first-order valence-electron chi connectivity index (χ1n) is 5.23. The first-order chi connectivity index (χ1) is 7.95. The van der Waals surface area contributed by atoms with E-state index >= 15 is 0 Å². The number of nitrogens with one attached hydrogen (secondary N) is 1. The van der Waals surface area contributed by atoms with Crippen LogP contribution in [0, 0.1) is 18.7 Å². The summed E-state index contributed by atoms with van der Waals surface area (Å²) >= 11 is 3.12. The summed E-state index contributed by atoms with van der Waals surface area (Å²) in [4.78, 5) is 11.2. The average Bonchev–Trinajstić information content (AvgIpc) is 2.30. The number of carbonyl (C=O) groups is 1. The topological polar surface area (TPSA) is 38.3 Å². The number of methoxy groups -OCH3 is 1. The maximum atomic E-state index is 13.2. The van der Waals surface area contributed by atoms with Crippen LogP contribution in [0.1, 0.15) is 12.5 Å². The van der Waals surface area contributed by atoms with Crippen molar-refractivity contribution in [2.45, 2.75) is 13.8 Å². The van der Waals surface area contributed by atoms with Crippen molar-refractivity contribution in [1.29, 1.82) is 0 Å². The third-order valence-electron chi connectivity index (χ3n) is 2.47. The number of carbonyl (C=O) groups excluding carboxylic acids is 1. The lowest BCUT2D eigenvalue weighted by Gasteiger charge is -2.14. The molecule has 0 heterocycles. The average molecular weight is 304 g/mol. The van der Waals surface area contributed by atoms with E-state index in [1.807, 2.05) is 0 Å². The molecule has 94 valence electrons. The van der Waals surface area contributed by atoms with Gasteiger partial charge in [-0.05, 0) is 40.5 Å². The van der Waals surface area contributed by atoms with Gasteiger partial charge in [0.1, 0.15) is 5.82 Å². The number of aryl methyl sites for hydroxylation is 1. The molecular formula is C12H15BrFNO2. The van der Waals surface area contributed by atoms with E-state index in [-0.39, 0.29) is 17.7 Å². The van der Waals surface area contributed by atoms with Gasteiger partial charge in [0.2, 0.25) is 0 Å². The Kier molecular flexibility index (Phi) is 4.93. The van der Waals surface area contributed by atoms with Crippen LogP contribution >= 0.6 is 15.9 Å². The lowest BCUT2D eigenvalue weighted by molar-refractivity contribution is -0.144. The number of esters is 1. The molecule has 0 fully saturated rings. The van der Waals surface area contributed by atoms with Crippen molar-refractivity contribution in [2.24, 2.45) is 5.92 Å². The Labute approximate surface area is 108 Å². The predicted octanol–water partition coefficient (Wildman–Crippen LogP) is 3.12. The zero-order valence-electron chi connectivity index (χ0n) is 10.0. The highest BCUT2D eigenvalue weighted by atomic mass is 79.9. The number of hydrogen-bond acceptors (Lipinski definition) is 3. The number of rotatable bonds is 4. The first kappa shape index (κ1) is 14.0. The van der Waals surface area contributed by atoms with Gasteiger partial charge in [-0.1, -0.05) is 6.92 Å². The molecule has 0 aliphatic carbocycles. The quantitative estimate of drug-likeness (QED) is 0.869. The SMILES string of the molecule is COC(=O)C(C)CNc1cc(Br)c(F)cc1C. The van der Waals surface area contributed by atoms with Gasteiger partial charge >= 0.3 is 5.97 Å². The third kappa shape index (κ3) is 3.70. The van der Waals surface area contributed by atoms with E-state index in [0.717, 1.165) is 11.3 Å². The van der Waals surface area contributed by atoms with Crippen LogP contribution in [0.5, 0.6) is 0 Å². The zero-order valence-corrected chi connectivity index (χ0v) is 11.6. The monoisotopic (exact) mass is 303 g/mol. The lowest BCUT2D eigenvalue weighted by Crippen LogP contribution is -2.21. The molecule has 1 aromatic rings. The molecule has 0 saturated heterocycles. The minimum absolute atomic E-state index is 0.247. The normalized spacial score (nSPS) is 12.1. The van der Waals surface area contributed by atoms with Crippen molar-refractivity contribution in [2.75, 3.05) is 19.0 Å². The smallest absolute Gasteiger partial charge is 0.310 e. The van der Waals surface area contributed by atoms with Crippen molar-refractivity contribution in [3.8, 4) is 0 Å². The van der Waals surface area contributed by atoms with Gasteiger partial charge in [0, 0.05) is 12.2 Å². The van der Waals surface area contributed by atoms with Crippen LogP contribution in [-0.4, -0.2) is 19.6 Å². The minimum Gasteiger partial charge on any atom is -0.469 e. The van der Waals surface area contributed by atoms with E-state index in [9.17, 15) is 9.18 Å². The Morgan fingerprint density at radius 1 is 1.59 bits per heavy atom. The van der Waals surface area contributed by atoms with Crippen LogP contribution in [0.4, 0.5) is 10.1 Å². The molecule has 0 radical (unpaired) electrons. The molecule has 0 aliphatic rings. The fourth-order valence-electron chi connectivity index (χ4n) is 1.38. The molecule has 1 aromatic carbocycles. The Morgan fingerprint density at radius 3 is 2.82 bits per heavy atom. The van der Waals surface area contributed by atoms with E-state index in [2.05, 4.69) is 26.0 Å². The fourth-order valence-corrected chi connectivity index (χ4v) is 1.73. The second-order valence-electron chi connectivity index (χ2n) is 3.89. The van der Waals surface area contributed by atoms with Crippen LogP contribution in [0.2, 0.25) is 0 Å². The van der Waals surface area contributed by atoms with Gasteiger partial charge in [-0.15, -0.1) is 0 Å². The molecule has 3 nitrogen and oxygen atoms in total. The zero-order chi connectivity index (χ0) is 13.0. The van der Waals surface area contributed by atoms with E-state index in [1.54, 1.807) is 19.9 Å². The summed E-state index contributed by atoms with van der Waals surface area (Å²) in [6.45, 7) is 4.03. The van der Waals surface area contributed by atoms with Crippen LogP contribution in [-0.2, 0) is 9.53 Å². The summed E-state index contributed by atoms with van der Waals surface area (Å²) in [5, 5.41) is 3.10. The van der Waals surface area contributed by atoms with Gasteiger partial charge in [0.25, 0.3) is 0 Å². The lowest BCUT2D eigenvalue weighted by atomic mass is 10.1. The summed E-state index contributed by atoms with van der Waals surface area (Å²) < 4.78 is 18.2. The molecule has 17 heavy (non-hydrogen) atoms. The van der Waals surface area contributed by atoms with Crippen molar-refractivity contribution >= 4 is 27.6 Å². The van der Waals surface area contributed by atoms with Gasteiger partial charge in [-0.3, -0.25) is 4.79 Å². The van der Waals surface area contributed by atoms with Crippen LogP contribution < -0.4 is 5.32 Å². The Balaban J connectivity index is 2.70. The van der Waals surface area contributed by atoms with Crippen LogP contribution in [0.15, 0.2) is 16.6 Å². The van der Waals surface area contributed by atoms with Crippen LogP contribution in [0.3, 0.4) is 0 Å². The highest BCUT2D eigenvalue weighted by Crippen LogP contribution is 2.24. The summed E-state index contributed by atoms with van der Waals surface area (Å²) in [7, 11) is 1.36. The predicted molar refractivity (Wildman–Crippen MR) is 68.5 cm³/mol. The molecule has 0 amide bonds. The minimum atomic E-state index is -0.297. The molecule has 0 bridgehead atoms. The Hall–Kier alpha value is -1.10. The van der Waals surface area contributed by atoms with Crippen LogP contribution in [0.25, 0.3) is 0 Å². The number of halogens is 2. The van der Waals surface area contributed by atoms with Crippen molar-refractivity contribution in [3.63, 3.8) is 0 Å². The van der Waals surface area contributed by atoms with Crippen molar-refractivity contribution in [3.05, 3.63) is 28.0 Å². The molecule has 0 spiro atoms. The van der Waals surface area contributed by atoms with Gasteiger partial charge in [-0.2, -0.15) is 0 Å². The Morgan fingerprint density at radius 2 is 2.24 bits per heavy atom. The molecule has 1 N–H and O–H groups in total. The molecule has 5 heteroatoms. The fraction of sp³-hybridized carbons (Fsp3) is 0.417. The van der Waals surface area contributed by atoms with Crippen molar-refractivity contribution < 1.29 is 13.9 Å². The van der Waals surface area contributed by atoms with Crippen molar-refractivity contribution in [1.82, 2.24) is 0 Å². The molecule has 0 aromatic heterocycles. The molecule has 1 unspecified atom stereocenters. The largest absolute Gasteiger partial charge is 0.469 e. The summed E-state index contributed by atoms with van der Waals surface area (Å²) in [6, 6.07) is 3.10. The second kappa shape index (κ2) is 6.00. The maximum absolute atomic E-state index is 13.2. The molecule has 0 aliphatic heterocycles. The molecule has 1 atom stereocenters. The number of hydrogen-bond donors (Lipinski definition) is 1. The summed E-state index contributed by atoms with van der Waals surface area (Å²) in [5.74, 6) is -0.811. The standard InChI is InChI=1S/C12H15BrFNO2/c1-7-4-10(14)9(13)5-11(7)15-6-8(2)12(16)17-3/h4-5,8,15H,6H2,1-3H3. The number of benzene rings is 1. The van der Waals surface area contributed by atoms with E-state index in [1.165, 1.54) is 13.2 Å². The number of ether oxygens (including phenoxy) is 1. The first-order valence-corrected chi connectivity index (χ1v) is 6.02. The molecule has 1 rings (SSSR count). The van der Waals surface area contributed by atoms with E-state index < -0.39 is 0 Å². The van der Waals surface area contributed by atoms with E-state index in [4.69, 9.17) is 0 Å². The third-order valence-corrected chi connectivity index (χ3v) is 3.08. The Bertz CT molecular complexity index is 423. The van der Waals surface area contributed by atoms with Gasteiger partial charge in [-0.25, -0.2) is 4.39 Å². The highest BCUT2D eigenvalue weighted by molar-refractivity contribution is 9.10. The summed E-state index contributed by atoms with van der Waals surface area (Å²) in [5.41, 5.74) is 1.59. The molecule has 0 saturated carbocycles. The van der Waals surface area contributed by atoms with E-state index in [0.29, 0.717) is 11.0 Å². The van der Waals surface area contributed by atoms with Gasteiger partial charge in [0.15, 0.2) is 0 Å². The van der Waals surface area contributed by atoms with Gasteiger partial charge in [0.05, 0.1) is 17.5 Å². The summed E-state index contributed by atoms with van der Waals surface area (Å²) in [6.07, 6.45) is 0. The second-order valence-corrected chi connectivity index (χ2v) is 4.74. The maximum Gasteiger partial charge on any atom is 0.310 e. The molecular weight excluding hydrogens is 289 g/mol. The van der Waals surface area contributed by atoms with Gasteiger partial charge < -0.3 is 10.1 Å². The number of anilines is 1.